The monoisotopic (exact) mass is 318 g/mol. The zero-order valence-electron chi connectivity index (χ0n) is 12.9. The second kappa shape index (κ2) is 5.58. The van der Waals surface area contributed by atoms with Crippen LogP contribution in [0.15, 0.2) is 48.9 Å². The second-order valence-electron chi connectivity index (χ2n) is 5.30. The Labute approximate surface area is 137 Å². The number of pyridine rings is 1. The van der Waals surface area contributed by atoms with Gasteiger partial charge in [0.2, 0.25) is 0 Å². The first-order valence-corrected chi connectivity index (χ1v) is 7.33. The van der Waals surface area contributed by atoms with E-state index in [1.807, 2.05) is 43.3 Å². The van der Waals surface area contributed by atoms with Crippen molar-refractivity contribution < 1.29 is 0 Å². The molecule has 4 aromatic rings. The summed E-state index contributed by atoms with van der Waals surface area (Å²) in [7, 11) is 0. The van der Waals surface area contributed by atoms with E-state index in [2.05, 4.69) is 30.6 Å². The van der Waals surface area contributed by atoms with Crippen molar-refractivity contribution in [2.45, 2.75) is 6.92 Å². The second-order valence-corrected chi connectivity index (χ2v) is 5.30. The van der Waals surface area contributed by atoms with E-state index in [1.54, 1.807) is 10.9 Å². The van der Waals surface area contributed by atoms with E-state index in [1.165, 1.54) is 6.33 Å². The van der Waals surface area contributed by atoms with Crippen molar-refractivity contribution >= 4 is 28.4 Å². The van der Waals surface area contributed by atoms with Gasteiger partial charge in [0.25, 0.3) is 0 Å². The Balaban J connectivity index is 1.77. The maximum absolute atomic E-state index is 6.24. The molecule has 8 heteroatoms. The Morgan fingerprint density at radius 3 is 2.75 bits per heavy atom. The van der Waals surface area contributed by atoms with Gasteiger partial charge in [-0.1, -0.05) is 23.4 Å². The van der Waals surface area contributed by atoms with Gasteiger partial charge in [-0.15, -0.1) is 5.10 Å². The molecule has 0 fully saturated rings. The first-order valence-electron chi connectivity index (χ1n) is 7.33. The van der Waals surface area contributed by atoms with Crippen molar-refractivity contribution in [1.82, 2.24) is 29.9 Å². The van der Waals surface area contributed by atoms with Crippen LogP contribution in [0.2, 0.25) is 0 Å². The van der Waals surface area contributed by atoms with Crippen molar-refractivity contribution in [3.63, 3.8) is 0 Å². The lowest BCUT2D eigenvalue weighted by Crippen LogP contribution is -2.09. The number of hydrogen-bond acceptors (Lipinski definition) is 7. The molecule has 0 aliphatic rings. The van der Waals surface area contributed by atoms with Crippen molar-refractivity contribution in [1.29, 1.82) is 0 Å². The molecular weight excluding hydrogens is 304 g/mol. The number of anilines is 3. The van der Waals surface area contributed by atoms with Crippen LogP contribution in [0.3, 0.4) is 0 Å². The molecule has 1 aromatic carbocycles. The number of aromatic nitrogens is 6. The smallest absolute Gasteiger partial charge is 0.184 e. The van der Waals surface area contributed by atoms with Crippen LogP contribution in [0.4, 0.5) is 17.3 Å². The van der Waals surface area contributed by atoms with Gasteiger partial charge in [0, 0.05) is 6.20 Å². The molecule has 0 unspecified atom stereocenters. The van der Waals surface area contributed by atoms with Crippen LogP contribution in [-0.2, 0) is 0 Å². The maximum atomic E-state index is 6.24. The third-order valence-electron chi connectivity index (χ3n) is 3.57. The fourth-order valence-corrected chi connectivity index (χ4v) is 2.34. The highest BCUT2D eigenvalue weighted by Crippen LogP contribution is 2.25. The first kappa shape index (κ1) is 14.1. The van der Waals surface area contributed by atoms with Gasteiger partial charge in [-0.05, 0) is 30.7 Å². The summed E-state index contributed by atoms with van der Waals surface area (Å²) in [5.41, 5.74) is 9.28. The molecule has 3 N–H and O–H groups in total. The molecule has 24 heavy (non-hydrogen) atoms. The normalized spacial score (nSPS) is 10.9. The highest BCUT2D eigenvalue weighted by molar-refractivity contribution is 5.79. The zero-order valence-corrected chi connectivity index (χ0v) is 12.9. The third kappa shape index (κ3) is 2.39. The molecule has 0 spiro atoms. The van der Waals surface area contributed by atoms with Crippen LogP contribution in [-0.4, -0.2) is 29.9 Å². The molecule has 3 heterocycles. The standard InChI is InChI=1S/C16H14N8/c1-10-6-7-13(18-8-10)21-15-14(17)16(20-9-19-15)24-12-5-3-2-4-11(12)22-23-24/h2-9H,17H2,1H3,(H,18,19,20,21). The Morgan fingerprint density at radius 1 is 1.04 bits per heavy atom. The van der Waals surface area contributed by atoms with Crippen molar-refractivity contribution in [3.8, 4) is 5.82 Å². The Hall–Kier alpha value is -3.55. The number of fused-ring (bicyclic) bond motifs is 1. The number of nitrogens with one attached hydrogen (secondary N) is 1. The van der Waals surface area contributed by atoms with Gasteiger partial charge in [0.15, 0.2) is 11.6 Å². The van der Waals surface area contributed by atoms with Crippen LogP contribution in [0.5, 0.6) is 0 Å². The van der Waals surface area contributed by atoms with Gasteiger partial charge < -0.3 is 11.1 Å². The number of nitrogens with zero attached hydrogens (tertiary/aromatic N) is 6. The average Bonchev–Trinajstić information content (AvgIpc) is 3.03. The van der Waals surface area contributed by atoms with Crippen LogP contribution in [0.1, 0.15) is 5.56 Å². The Morgan fingerprint density at radius 2 is 1.92 bits per heavy atom. The highest BCUT2D eigenvalue weighted by Gasteiger charge is 2.14. The van der Waals surface area contributed by atoms with Gasteiger partial charge in [0.1, 0.15) is 23.3 Å². The van der Waals surface area contributed by atoms with Crippen LogP contribution in [0.25, 0.3) is 16.9 Å². The summed E-state index contributed by atoms with van der Waals surface area (Å²) in [5, 5.41) is 11.4. The number of nitrogen functional groups attached to an aromatic ring is 1. The predicted octanol–water partition coefficient (Wildman–Crippen LogP) is 2.24. The molecule has 0 aliphatic carbocycles. The summed E-state index contributed by atoms with van der Waals surface area (Å²) in [6, 6.07) is 11.4. The molecular formula is C16H14N8. The Bertz CT molecular complexity index is 1010. The number of aryl methyl sites for hydroxylation is 1. The minimum absolute atomic E-state index is 0.371. The summed E-state index contributed by atoms with van der Waals surface area (Å²) in [6.45, 7) is 1.98. The molecule has 0 atom stereocenters. The number of para-hydroxylation sites is 1. The average molecular weight is 318 g/mol. The number of benzene rings is 1. The van der Waals surface area contributed by atoms with E-state index in [9.17, 15) is 0 Å². The molecule has 0 saturated carbocycles. The number of rotatable bonds is 3. The van der Waals surface area contributed by atoms with Crippen LogP contribution in [0, 0.1) is 6.92 Å². The van der Waals surface area contributed by atoms with Crippen molar-refractivity contribution in [3.05, 3.63) is 54.5 Å². The predicted molar refractivity (Wildman–Crippen MR) is 91.1 cm³/mol. The fourth-order valence-electron chi connectivity index (χ4n) is 2.34. The minimum Gasteiger partial charge on any atom is -0.393 e. The Kier molecular flexibility index (Phi) is 3.27. The summed E-state index contributed by atoms with van der Waals surface area (Å²) >= 11 is 0. The first-order chi connectivity index (χ1) is 11.7. The van der Waals surface area contributed by atoms with E-state index < -0.39 is 0 Å². The summed E-state index contributed by atoms with van der Waals surface area (Å²) in [5.74, 6) is 1.59. The van der Waals surface area contributed by atoms with Gasteiger partial charge in [0.05, 0.1) is 5.52 Å². The molecule has 118 valence electrons. The summed E-state index contributed by atoms with van der Waals surface area (Å²) in [4.78, 5) is 12.7. The van der Waals surface area contributed by atoms with Crippen LogP contribution < -0.4 is 11.1 Å². The lowest BCUT2D eigenvalue weighted by Gasteiger charge is -2.10. The van der Waals surface area contributed by atoms with E-state index in [0.29, 0.717) is 23.1 Å². The van der Waals surface area contributed by atoms with Gasteiger partial charge >= 0.3 is 0 Å². The highest BCUT2D eigenvalue weighted by atomic mass is 15.4. The molecule has 0 saturated heterocycles. The molecule has 4 rings (SSSR count). The van der Waals surface area contributed by atoms with E-state index >= 15 is 0 Å². The van der Waals surface area contributed by atoms with E-state index in [0.717, 1.165) is 16.6 Å². The van der Waals surface area contributed by atoms with Crippen molar-refractivity contribution in [2.75, 3.05) is 11.1 Å². The number of nitrogens with two attached hydrogens (primary N) is 1. The molecule has 0 aliphatic heterocycles. The van der Waals surface area contributed by atoms with Gasteiger partial charge in [-0.25, -0.2) is 15.0 Å². The zero-order chi connectivity index (χ0) is 16.5. The van der Waals surface area contributed by atoms with E-state index in [4.69, 9.17) is 5.73 Å². The van der Waals surface area contributed by atoms with Crippen molar-refractivity contribution in [2.24, 2.45) is 0 Å². The largest absolute Gasteiger partial charge is 0.393 e. The molecule has 0 bridgehead atoms. The van der Waals surface area contributed by atoms with Gasteiger partial charge in [-0.3, -0.25) is 0 Å². The molecule has 0 amide bonds. The van der Waals surface area contributed by atoms with Crippen LogP contribution >= 0.6 is 0 Å². The lowest BCUT2D eigenvalue weighted by molar-refractivity contribution is 0.800. The molecule has 3 aromatic heterocycles. The lowest BCUT2D eigenvalue weighted by atomic mass is 10.3. The topological polar surface area (TPSA) is 107 Å². The minimum atomic E-state index is 0.371. The van der Waals surface area contributed by atoms with Gasteiger partial charge in [-0.2, -0.15) is 4.68 Å². The molecule has 0 radical (unpaired) electrons. The SMILES string of the molecule is Cc1ccc(Nc2ncnc(-n3nnc4ccccc43)c2N)nc1. The fraction of sp³-hybridized carbons (Fsp3) is 0.0625. The summed E-state index contributed by atoms with van der Waals surface area (Å²) in [6.07, 6.45) is 3.20. The summed E-state index contributed by atoms with van der Waals surface area (Å²) < 4.78 is 1.60. The quantitative estimate of drug-likeness (QED) is 0.596. The third-order valence-corrected chi connectivity index (χ3v) is 3.57. The number of hydrogen-bond donors (Lipinski definition) is 2. The molecule has 8 nitrogen and oxygen atoms in total. The maximum Gasteiger partial charge on any atom is 0.184 e. The van der Waals surface area contributed by atoms with E-state index in [-0.39, 0.29) is 0 Å².